The van der Waals surface area contributed by atoms with Gasteiger partial charge in [-0.2, -0.15) is 0 Å². The summed E-state index contributed by atoms with van der Waals surface area (Å²) in [4.78, 5) is 11.3. The van der Waals surface area contributed by atoms with Crippen LogP contribution in [0, 0.1) is 5.82 Å². The number of nitrogens with two attached hydrogens (primary N) is 1. The third-order valence-corrected chi connectivity index (χ3v) is 3.31. The number of hydrogen-bond donors (Lipinski definition) is 1. The predicted molar refractivity (Wildman–Crippen MR) is 78.8 cm³/mol. The van der Waals surface area contributed by atoms with Crippen LogP contribution in [0.25, 0.3) is 11.1 Å². The molecule has 0 aliphatic carbocycles. The van der Waals surface area contributed by atoms with E-state index >= 15 is 0 Å². The molecule has 0 heterocycles. The molecule has 0 saturated carbocycles. The molecule has 20 heavy (non-hydrogen) atoms. The highest BCUT2D eigenvalue weighted by Gasteiger charge is 2.16. The van der Waals surface area contributed by atoms with E-state index in [-0.39, 0.29) is 18.2 Å². The van der Waals surface area contributed by atoms with E-state index in [1.165, 1.54) is 12.1 Å². The fourth-order valence-electron chi connectivity index (χ4n) is 2.42. The van der Waals surface area contributed by atoms with Crippen molar-refractivity contribution in [2.24, 2.45) is 5.73 Å². The van der Waals surface area contributed by atoms with Crippen molar-refractivity contribution < 1.29 is 9.18 Å². The van der Waals surface area contributed by atoms with Crippen molar-refractivity contribution >= 4 is 5.91 Å². The number of carbonyl (C=O) groups is 1. The number of hydrogen-bond acceptors (Lipinski definition) is 1. The zero-order chi connectivity index (χ0) is 14.7. The second kappa shape index (κ2) is 5.87. The highest BCUT2D eigenvalue weighted by atomic mass is 19.1. The molecule has 0 fully saturated rings. The topological polar surface area (TPSA) is 43.1 Å². The first-order valence-electron chi connectivity index (χ1n) is 6.65. The Bertz CT molecular complexity index is 620. The average Bonchev–Trinajstić information content (AvgIpc) is 2.40. The monoisotopic (exact) mass is 271 g/mol. The van der Waals surface area contributed by atoms with Gasteiger partial charge in [-0.1, -0.05) is 44.2 Å². The Morgan fingerprint density at radius 3 is 2.40 bits per heavy atom. The molecule has 0 bridgehead atoms. The Labute approximate surface area is 118 Å². The largest absolute Gasteiger partial charge is 0.369 e. The van der Waals surface area contributed by atoms with E-state index in [2.05, 4.69) is 0 Å². The summed E-state index contributed by atoms with van der Waals surface area (Å²) in [6, 6.07) is 12.5. The summed E-state index contributed by atoms with van der Waals surface area (Å²) in [5, 5.41) is 0. The van der Waals surface area contributed by atoms with Crippen LogP contribution >= 0.6 is 0 Å². The number of amides is 1. The van der Waals surface area contributed by atoms with Crippen LogP contribution in [0.1, 0.15) is 30.9 Å². The Morgan fingerprint density at radius 2 is 1.85 bits per heavy atom. The molecule has 0 aliphatic rings. The molecule has 1 amide bonds. The lowest BCUT2D eigenvalue weighted by Crippen LogP contribution is -2.16. The van der Waals surface area contributed by atoms with Gasteiger partial charge >= 0.3 is 0 Å². The molecule has 2 aromatic carbocycles. The van der Waals surface area contributed by atoms with Crippen molar-refractivity contribution in [3.63, 3.8) is 0 Å². The van der Waals surface area contributed by atoms with Crippen LogP contribution in [0.15, 0.2) is 42.5 Å². The molecule has 3 heteroatoms. The highest BCUT2D eigenvalue weighted by molar-refractivity contribution is 5.81. The van der Waals surface area contributed by atoms with Crippen LogP contribution in [-0.4, -0.2) is 5.91 Å². The summed E-state index contributed by atoms with van der Waals surface area (Å²) in [7, 11) is 0. The molecule has 2 aromatic rings. The Hall–Kier alpha value is -2.16. The lowest BCUT2D eigenvalue weighted by Gasteiger charge is -2.17. The van der Waals surface area contributed by atoms with Crippen molar-refractivity contribution in [3.05, 3.63) is 59.4 Å². The third-order valence-electron chi connectivity index (χ3n) is 3.31. The maximum Gasteiger partial charge on any atom is 0.221 e. The zero-order valence-electron chi connectivity index (χ0n) is 11.7. The van der Waals surface area contributed by atoms with E-state index in [4.69, 9.17) is 5.73 Å². The van der Waals surface area contributed by atoms with E-state index in [1.54, 1.807) is 0 Å². The molecule has 104 valence electrons. The van der Waals surface area contributed by atoms with Crippen molar-refractivity contribution in [2.75, 3.05) is 0 Å². The van der Waals surface area contributed by atoms with Crippen LogP contribution in [0.3, 0.4) is 0 Å². The highest BCUT2D eigenvalue weighted by Crippen LogP contribution is 2.31. The molecular formula is C17H18FNO. The SMILES string of the molecule is CC(C)c1cc(F)cc(-c2ccccc2)c1CC(N)=O. The Morgan fingerprint density at radius 1 is 1.20 bits per heavy atom. The first kappa shape index (κ1) is 14.3. The zero-order valence-corrected chi connectivity index (χ0v) is 11.7. The van der Waals surface area contributed by atoms with Crippen molar-refractivity contribution in [3.8, 4) is 11.1 Å². The van der Waals surface area contributed by atoms with Crippen LogP contribution in [0.4, 0.5) is 4.39 Å². The molecular weight excluding hydrogens is 253 g/mol. The molecule has 0 aliphatic heterocycles. The Balaban J connectivity index is 2.68. The minimum Gasteiger partial charge on any atom is -0.369 e. The van der Waals surface area contributed by atoms with Crippen molar-refractivity contribution in [2.45, 2.75) is 26.2 Å². The summed E-state index contributed by atoms with van der Waals surface area (Å²) in [6.07, 6.45) is 0.123. The van der Waals surface area contributed by atoms with Gasteiger partial charge in [0, 0.05) is 0 Å². The smallest absolute Gasteiger partial charge is 0.221 e. The van der Waals surface area contributed by atoms with Gasteiger partial charge in [-0.05, 0) is 40.3 Å². The molecule has 0 radical (unpaired) electrons. The van der Waals surface area contributed by atoms with Crippen molar-refractivity contribution in [1.29, 1.82) is 0 Å². The standard InChI is InChI=1S/C17H18FNO/c1-11(2)14-8-13(18)9-15(16(14)10-17(19)20)12-6-4-3-5-7-12/h3-9,11H,10H2,1-2H3,(H2,19,20). The third kappa shape index (κ3) is 3.05. The van der Waals surface area contributed by atoms with Gasteiger partial charge < -0.3 is 5.73 Å². The second-order valence-electron chi connectivity index (χ2n) is 5.18. The second-order valence-corrected chi connectivity index (χ2v) is 5.18. The number of halogens is 1. The van der Waals surface area contributed by atoms with Crippen molar-refractivity contribution in [1.82, 2.24) is 0 Å². The van der Waals surface area contributed by atoms with E-state index in [0.29, 0.717) is 0 Å². The summed E-state index contributed by atoms with van der Waals surface area (Å²) in [6.45, 7) is 3.96. The van der Waals surface area contributed by atoms with Gasteiger partial charge in [-0.25, -0.2) is 4.39 Å². The molecule has 0 atom stereocenters. The van der Waals surface area contributed by atoms with Crippen LogP contribution in [0.5, 0.6) is 0 Å². The quantitative estimate of drug-likeness (QED) is 0.906. The van der Waals surface area contributed by atoms with E-state index in [9.17, 15) is 9.18 Å². The molecule has 0 saturated heterocycles. The van der Waals surface area contributed by atoms with Crippen LogP contribution in [0.2, 0.25) is 0 Å². The van der Waals surface area contributed by atoms with Gasteiger partial charge in [-0.15, -0.1) is 0 Å². The molecule has 0 unspecified atom stereocenters. The molecule has 2 nitrogen and oxygen atoms in total. The van der Waals surface area contributed by atoms with Gasteiger partial charge in [0.25, 0.3) is 0 Å². The molecule has 2 rings (SSSR count). The number of benzene rings is 2. The minimum atomic E-state index is -0.407. The summed E-state index contributed by atoms with van der Waals surface area (Å²) in [5.41, 5.74) is 8.64. The van der Waals surface area contributed by atoms with Gasteiger partial charge in [-0.3, -0.25) is 4.79 Å². The van der Waals surface area contributed by atoms with Gasteiger partial charge in [0.05, 0.1) is 6.42 Å². The lowest BCUT2D eigenvalue weighted by molar-refractivity contribution is -0.117. The number of primary amides is 1. The molecule has 0 spiro atoms. The van der Waals surface area contributed by atoms with Crippen LogP contribution < -0.4 is 5.73 Å². The molecule has 2 N–H and O–H groups in total. The summed E-state index contributed by atoms with van der Waals surface area (Å²) in [5.74, 6) is -0.570. The minimum absolute atomic E-state index is 0.123. The van der Waals surface area contributed by atoms with Gasteiger partial charge in [0.2, 0.25) is 5.91 Å². The maximum atomic E-state index is 13.9. The summed E-state index contributed by atoms with van der Waals surface area (Å²) < 4.78 is 13.9. The predicted octanol–water partition coefficient (Wildman–Crippen LogP) is 3.64. The van der Waals surface area contributed by atoms with E-state index in [0.717, 1.165) is 22.3 Å². The molecule has 0 aromatic heterocycles. The van der Waals surface area contributed by atoms with E-state index in [1.807, 2.05) is 44.2 Å². The number of rotatable bonds is 4. The number of carbonyl (C=O) groups excluding carboxylic acids is 1. The van der Waals surface area contributed by atoms with Gasteiger partial charge in [0.15, 0.2) is 0 Å². The normalized spacial score (nSPS) is 10.8. The summed E-state index contributed by atoms with van der Waals surface area (Å²) >= 11 is 0. The maximum absolute atomic E-state index is 13.9. The fraction of sp³-hybridized carbons (Fsp3) is 0.235. The lowest BCUT2D eigenvalue weighted by atomic mass is 9.88. The first-order chi connectivity index (χ1) is 9.49. The first-order valence-corrected chi connectivity index (χ1v) is 6.65. The Kier molecular flexibility index (Phi) is 4.18. The van der Waals surface area contributed by atoms with E-state index < -0.39 is 5.91 Å². The van der Waals surface area contributed by atoms with Crippen LogP contribution in [-0.2, 0) is 11.2 Å². The fourth-order valence-corrected chi connectivity index (χ4v) is 2.42. The van der Waals surface area contributed by atoms with Gasteiger partial charge in [0.1, 0.15) is 5.82 Å². The average molecular weight is 271 g/mol.